The molecule has 1 aromatic rings. The molecule has 124 valence electrons. The molecule has 2 aliphatic rings. The number of nitrogens with zero attached hydrogens (tertiary/aromatic N) is 2. The zero-order valence-electron chi connectivity index (χ0n) is 12.4. The summed E-state index contributed by atoms with van der Waals surface area (Å²) in [4.78, 5) is 25.7. The molecule has 2 saturated heterocycles. The van der Waals surface area contributed by atoms with Crippen molar-refractivity contribution in [2.75, 3.05) is 24.5 Å². The second-order valence-corrected chi connectivity index (χ2v) is 5.70. The summed E-state index contributed by atoms with van der Waals surface area (Å²) in [6, 6.07) is 4.59. The molecule has 3 heterocycles. The third-order valence-electron chi connectivity index (χ3n) is 3.86. The normalized spacial score (nSPS) is 22.6. The topological polar surface area (TPSA) is 103 Å². The van der Waals surface area contributed by atoms with Gasteiger partial charge in [0.15, 0.2) is 0 Å². The summed E-state index contributed by atoms with van der Waals surface area (Å²) in [5.41, 5.74) is 1.20. The van der Waals surface area contributed by atoms with E-state index in [4.69, 9.17) is 21.8 Å². The summed E-state index contributed by atoms with van der Waals surface area (Å²) in [5.74, 6) is -1.69. The van der Waals surface area contributed by atoms with E-state index in [2.05, 4.69) is 21.3 Å². The van der Waals surface area contributed by atoms with Crippen molar-refractivity contribution in [2.24, 2.45) is 5.92 Å². The molecule has 8 heteroatoms. The van der Waals surface area contributed by atoms with Crippen LogP contribution in [0.15, 0.2) is 30.5 Å². The van der Waals surface area contributed by atoms with Crippen LogP contribution in [-0.2, 0) is 9.59 Å². The number of nitrogens with one attached hydrogen (secondary N) is 1. The van der Waals surface area contributed by atoms with Crippen LogP contribution < -0.4 is 10.2 Å². The molecule has 0 aliphatic carbocycles. The van der Waals surface area contributed by atoms with Gasteiger partial charge in [-0.3, -0.25) is 0 Å². The van der Waals surface area contributed by atoms with E-state index in [1.165, 1.54) is 18.7 Å². The second-order valence-electron chi connectivity index (χ2n) is 5.32. The molecule has 0 saturated carbocycles. The van der Waals surface area contributed by atoms with E-state index >= 15 is 0 Å². The number of aromatic nitrogens is 1. The highest BCUT2D eigenvalue weighted by molar-refractivity contribution is 6.29. The van der Waals surface area contributed by atoms with Crippen molar-refractivity contribution in [3.63, 3.8) is 0 Å². The van der Waals surface area contributed by atoms with Crippen molar-refractivity contribution in [3.8, 4) is 0 Å². The van der Waals surface area contributed by atoms with Crippen molar-refractivity contribution >= 4 is 29.2 Å². The number of aliphatic carboxylic acids is 2. The second kappa shape index (κ2) is 7.94. The van der Waals surface area contributed by atoms with Crippen LogP contribution in [0.2, 0.25) is 5.15 Å². The van der Waals surface area contributed by atoms with Crippen LogP contribution in [0, 0.1) is 5.92 Å². The SMILES string of the molecule is Clc1ccc(N2CC[C@H]3CNC[C@H]32)cn1.O=C(O)C=CC(=O)O. The number of pyridine rings is 1. The maximum atomic E-state index is 9.55. The molecule has 23 heavy (non-hydrogen) atoms. The Kier molecular flexibility index (Phi) is 5.95. The first-order valence-corrected chi connectivity index (χ1v) is 7.58. The monoisotopic (exact) mass is 339 g/mol. The molecule has 7 nitrogen and oxygen atoms in total. The molecule has 3 rings (SSSR count). The Bertz CT molecular complexity index is 575. The number of anilines is 1. The van der Waals surface area contributed by atoms with Crippen LogP contribution in [0.4, 0.5) is 5.69 Å². The number of carboxylic acid groups (broad SMARTS) is 2. The number of carbonyl (C=O) groups is 2. The summed E-state index contributed by atoms with van der Waals surface area (Å²) in [5, 5.41) is 19.6. The molecule has 1 aromatic heterocycles. The van der Waals surface area contributed by atoms with Crippen LogP contribution in [0.5, 0.6) is 0 Å². The largest absolute Gasteiger partial charge is 0.478 e. The highest BCUT2D eigenvalue weighted by atomic mass is 35.5. The average Bonchev–Trinajstić information content (AvgIpc) is 3.10. The van der Waals surface area contributed by atoms with Gasteiger partial charge in [-0.15, -0.1) is 0 Å². The summed E-state index contributed by atoms with van der Waals surface area (Å²) >= 11 is 5.79. The Hall–Kier alpha value is -2.12. The number of hydrogen-bond acceptors (Lipinski definition) is 5. The third-order valence-corrected chi connectivity index (χ3v) is 4.08. The fourth-order valence-electron chi connectivity index (χ4n) is 2.85. The van der Waals surface area contributed by atoms with Crippen LogP contribution in [0.1, 0.15) is 6.42 Å². The van der Waals surface area contributed by atoms with Gasteiger partial charge in [0.1, 0.15) is 5.15 Å². The van der Waals surface area contributed by atoms with Gasteiger partial charge in [-0.2, -0.15) is 0 Å². The molecular weight excluding hydrogens is 322 g/mol. The average molecular weight is 340 g/mol. The fraction of sp³-hybridized carbons (Fsp3) is 0.400. The van der Waals surface area contributed by atoms with Gasteiger partial charge < -0.3 is 20.4 Å². The Morgan fingerprint density at radius 3 is 2.52 bits per heavy atom. The lowest BCUT2D eigenvalue weighted by atomic mass is 10.1. The molecule has 0 radical (unpaired) electrons. The maximum Gasteiger partial charge on any atom is 0.328 e. The van der Waals surface area contributed by atoms with E-state index in [1.54, 1.807) is 0 Å². The summed E-state index contributed by atoms with van der Waals surface area (Å²) < 4.78 is 0. The number of hydrogen-bond donors (Lipinski definition) is 3. The smallest absolute Gasteiger partial charge is 0.328 e. The Morgan fingerprint density at radius 1 is 1.26 bits per heavy atom. The van der Waals surface area contributed by atoms with Crippen LogP contribution in [0.25, 0.3) is 0 Å². The highest BCUT2D eigenvalue weighted by Gasteiger charge is 2.37. The summed E-state index contributed by atoms with van der Waals surface area (Å²) in [7, 11) is 0. The number of halogens is 1. The van der Waals surface area contributed by atoms with Crippen LogP contribution >= 0.6 is 11.6 Å². The molecular formula is C15H18ClN3O4. The fourth-order valence-corrected chi connectivity index (χ4v) is 2.96. The number of carboxylic acids is 2. The van der Waals surface area contributed by atoms with Gasteiger partial charge in [0.25, 0.3) is 0 Å². The molecule has 2 fully saturated rings. The zero-order chi connectivity index (χ0) is 16.8. The number of rotatable bonds is 3. The molecule has 0 bridgehead atoms. The minimum absolute atomic E-state index is 0.558. The molecule has 0 unspecified atom stereocenters. The lowest BCUT2D eigenvalue weighted by Gasteiger charge is -2.25. The van der Waals surface area contributed by atoms with Crippen molar-refractivity contribution in [2.45, 2.75) is 12.5 Å². The standard InChI is InChI=1S/C11H14ClN3.C4H4O4/c12-11-2-1-9(6-14-11)15-4-3-8-5-13-7-10(8)15;5-3(6)1-2-4(7)8/h1-2,6,8,10,13H,3-5,7H2;1-2H,(H,5,6)(H,7,8)/t8-,10+;/m0./s1. The van der Waals surface area contributed by atoms with Crippen LogP contribution in [0.3, 0.4) is 0 Å². The van der Waals surface area contributed by atoms with Gasteiger partial charge in [-0.05, 0) is 24.5 Å². The lowest BCUT2D eigenvalue weighted by molar-refractivity contribution is -0.134. The van der Waals surface area contributed by atoms with E-state index in [1.807, 2.05) is 12.3 Å². The minimum atomic E-state index is -1.26. The first-order valence-electron chi connectivity index (χ1n) is 7.20. The molecule has 0 amide bonds. The molecule has 2 atom stereocenters. The first-order chi connectivity index (χ1) is 11.0. The predicted molar refractivity (Wildman–Crippen MR) is 85.8 cm³/mol. The van der Waals surface area contributed by atoms with Crippen molar-refractivity contribution < 1.29 is 19.8 Å². The maximum absolute atomic E-state index is 9.55. The summed E-state index contributed by atoms with van der Waals surface area (Å²) in [6.45, 7) is 3.43. The van der Waals surface area contributed by atoms with E-state index in [-0.39, 0.29) is 0 Å². The molecule has 3 N–H and O–H groups in total. The molecule has 2 aliphatic heterocycles. The Labute approximate surface area is 138 Å². The van der Waals surface area contributed by atoms with Gasteiger partial charge in [0.05, 0.1) is 11.9 Å². The Balaban J connectivity index is 0.000000207. The van der Waals surface area contributed by atoms with Crippen LogP contribution in [-0.4, -0.2) is 52.8 Å². The molecule has 0 spiro atoms. The third kappa shape index (κ3) is 4.94. The van der Waals surface area contributed by atoms with Gasteiger partial charge in [-0.25, -0.2) is 14.6 Å². The van der Waals surface area contributed by atoms with Gasteiger partial charge in [0.2, 0.25) is 0 Å². The first kappa shape index (κ1) is 17.2. The van der Waals surface area contributed by atoms with Gasteiger partial charge >= 0.3 is 11.9 Å². The zero-order valence-corrected chi connectivity index (χ0v) is 13.1. The van der Waals surface area contributed by atoms with Crippen molar-refractivity contribution in [1.29, 1.82) is 0 Å². The van der Waals surface area contributed by atoms with Crippen molar-refractivity contribution in [1.82, 2.24) is 10.3 Å². The van der Waals surface area contributed by atoms with Crippen molar-refractivity contribution in [3.05, 3.63) is 35.6 Å². The number of fused-ring (bicyclic) bond motifs is 1. The van der Waals surface area contributed by atoms with E-state index in [0.29, 0.717) is 23.3 Å². The predicted octanol–water partition coefficient (Wildman–Crippen LogP) is 1.24. The summed E-state index contributed by atoms with van der Waals surface area (Å²) in [6.07, 6.45) is 4.29. The van der Waals surface area contributed by atoms with E-state index in [0.717, 1.165) is 19.0 Å². The van der Waals surface area contributed by atoms with Gasteiger partial charge in [0, 0.05) is 37.8 Å². The highest BCUT2D eigenvalue weighted by Crippen LogP contribution is 2.31. The van der Waals surface area contributed by atoms with E-state index in [9.17, 15) is 9.59 Å². The van der Waals surface area contributed by atoms with Gasteiger partial charge in [-0.1, -0.05) is 11.6 Å². The minimum Gasteiger partial charge on any atom is -0.478 e. The quantitative estimate of drug-likeness (QED) is 0.562. The van der Waals surface area contributed by atoms with E-state index < -0.39 is 11.9 Å². The lowest BCUT2D eigenvalue weighted by Crippen LogP contribution is -2.34. The molecule has 0 aromatic carbocycles. The Morgan fingerprint density at radius 2 is 1.96 bits per heavy atom.